The summed E-state index contributed by atoms with van der Waals surface area (Å²) in [5, 5.41) is 3.67. The molecular weight excluding hydrogens is 473 g/mol. The van der Waals surface area contributed by atoms with E-state index in [0.29, 0.717) is 29.9 Å². The minimum atomic E-state index is -2.82. The molecule has 1 aliphatic carbocycles. The van der Waals surface area contributed by atoms with Crippen LogP contribution in [0.15, 0.2) is 4.99 Å². The van der Waals surface area contributed by atoms with Crippen LogP contribution in [0.25, 0.3) is 0 Å². The van der Waals surface area contributed by atoms with Gasteiger partial charge in [-0.15, -0.1) is 24.0 Å². The van der Waals surface area contributed by atoms with Crippen molar-refractivity contribution in [2.75, 3.05) is 37.7 Å². The number of sulfone groups is 1. The molecule has 2 heterocycles. The van der Waals surface area contributed by atoms with Crippen molar-refractivity contribution in [3.05, 3.63) is 0 Å². The molecule has 3 unspecified atom stereocenters. The van der Waals surface area contributed by atoms with Crippen molar-refractivity contribution >= 4 is 39.8 Å². The maximum absolute atomic E-state index is 11.7. The molecule has 1 N–H and O–H groups in total. The van der Waals surface area contributed by atoms with Gasteiger partial charge in [-0.25, -0.2) is 8.42 Å². The molecule has 3 aliphatic rings. The van der Waals surface area contributed by atoms with Crippen molar-refractivity contribution in [3.63, 3.8) is 0 Å². The van der Waals surface area contributed by atoms with E-state index in [2.05, 4.69) is 24.1 Å². The highest BCUT2D eigenvalue weighted by Gasteiger charge is 2.29. The second-order valence-corrected chi connectivity index (χ2v) is 11.4. The Morgan fingerprint density at radius 2 is 1.70 bits per heavy atom. The summed E-state index contributed by atoms with van der Waals surface area (Å²) in [6.45, 7) is 8.43. The van der Waals surface area contributed by atoms with Crippen molar-refractivity contribution in [1.82, 2.24) is 10.2 Å². The SMILES string of the molecule is CC1CC(C)CN(C(=NCC2CCS(=O)(=O)C2)NCC2CCCCC2)C1.I. The van der Waals surface area contributed by atoms with Crippen LogP contribution >= 0.6 is 24.0 Å². The monoisotopic (exact) mass is 511 g/mol. The van der Waals surface area contributed by atoms with Crippen LogP contribution in [-0.4, -0.2) is 57.0 Å². The van der Waals surface area contributed by atoms with Gasteiger partial charge in [0.2, 0.25) is 0 Å². The summed E-state index contributed by atoms with van der Waals surface area (Å²) < 4.78 is 23.5. The highest BCUT2D eigenvalue weighted by atomic mass is 127. The second kappa shape index (κ2) is 10.6. The van der Waals surface area contributed by atoms with E-state index in [9.17, 15) is 8.42 Å². The largest absolute Gasteiger partial charge is 0.356 e. The Kier molecular flexibility index (Phi) is 9.16. The molecule has 0 aromatic rings. The van der Waals surface area contributed by atoms with E-state index in [1.807, 2.05) is 0 Å². The fraction of sp³-hybridized carbons (Fsp3) is 0.950. The van der Waals surface area contributed by atoms with Crippen LogP contribution in [0, 0.1) is 23.7 Å². The number of nitrogens with zero attached hydrogens (tertiary/aromatic N) is 2. The lowest BCUT2D eigenvalue weighted by molar-refractivity contribution is 0.206. The molecule has 0 spiro atoms. The minimum Gasteiger partial charge on any atom is -0.356 e. The van der Waals surface area contributed by atoms with Crippen LogP contribution in [0.3, 0.4) is 0 Å². The van der Waals surface area contributed by atoms with Crippen LogP contribution in [0.1, 0.15) is 58.8 Å². The fourth-order valence-corrected chi connectivity index (χ4v) is 6.81. The van der Waals surface area contributed by atoms with E-state index in [1.54, 1.807) is 0 Å². The van der Waals surface area contributed by atoms with Gasteiger partial charge >= 0.3 is 0 Å². The highest BCUT2D eigenvalue weighted by molar-refractivity contribution is 14.0. The van der Waals surface area contributed by atoms with Gasteiger partial charge in [-0.2, -0.15) is 0 Å². The van der Waals surface area contributed by atoms with Gasteiger partial charge in [0.05, 0.1) is 11.5 Å². The minimum absolute atomic E-state index is 0. The Bertz CT molecular complexity index is 580. The predicted molar refractivity (Wildman–Crippen MR) is 124 cm³/mol. The predicted octanol–water partition coefficient (Wildman–Crippen LogP) is 3.54. The summed E-state index contributed by atoms with van der Waals surface area (Å²) in [4.78, 5) is 7.34. The summed E-state index contributed by atoms with van der Waals surface area (Å²) in [6, 6.07) is 0. The van der Waals surface area contributed by atoms with E-state index in [0.717, 1.165) is 37.9 Å². The van der Waals surface area contributed by atoms with Gasteiger partial charge in [0, 0.05) is 26.2 Å². The number of hydrogen-bond acceptors (Lipinski definition) is 3. The number of rotatable bonds is 4. The number of guanidine groups is 1. The second-order valence-electron chi connectivity index (χ2n) is 9.17. The number of likely N-dealkylation sites (tertiary alicyclic amines) is 1. The molecular formula is C20H38IN3O2S. The van der Waals surface area contributed by atoms with Crippen molar-refractivity contribution in [2.24, 2.45) is 28.7 Å². The first-order chi connectivity index (χ1) is 12.4. The van der Waals surface area contributed by atoms with E-state index in [-0.39, 0.29) is 29.9 Å². The number of aliphatic imine (C=N–C) groups is 1. The lowest BCUT2D eigenvalue weighted by atomic mass is 9.89. The molecule has 2 aliphatic heterocycles. The zero-order chi connectivity index (χ0) is 18.6. The lowest BCUT2D eigenvalue weighted by Crippen LogP contribution is -2.49. The molecule has 0 bridgehead atoms. The van der Waals surface area contributed by atoms with Crippen molar-refractivity contribution in [1.29, 1.82) is 0 Å². The summed E-state index contributed by atoms with van der Waals surface area (Å²) in [5.74, 6) is 4.03. The average Bonchev–Trinajstić information content (AvgIpc) is 2.94. The summed E-state index contributed by atoms with van der Waals surface area (Å²) in [6.07, 6.45) is 8.81. The van der Waals surface area contributed by atoms with Crippen LogP contribution in [-0.2, 0) is 9.84 Å². The first-order valence-corrected chi connectivity index (χ1v) is 12.5. The molecule has 3 atom stereocenters. The van der Waals surface area contributed by atoms with Crippen LogP contribution in [0.2, 0.25) is 0 Å². The Labute approximate surface area is 183 Å². The Balaban J connectivity index is 0.00000261. The molecule has 0 aromatic heterocycles. The molecule has 3 fully saturated rings. The third-order valence-corrected chi connectivity index (χ3v) is 8.10. The van der Waals surface area contributed by atoms with E-state index >= 15 is 0 Å². The Hall–Kier alpha value is -0.0500. The highest BCUT2D eigenvalue weighted by Crippen LogP contribution is 2.24. The molecule has 2 saturated heterocycles. The van der Waals surface area contributed by atoms with Gasteiger partial charge in [-0.05, 0) is 49.4 Å². The number of halogens is 1. The van der Waals surface area contributed by atoms with Crippen molar-refractivity contribution in [2.45, 2.75) is 58.8 Å². The van der Waals surface area contributed by atoms with Gasteiger partial charge in [0.1, 0.15) is 0 Å². The topological polar surface area (TPSA) is 61.8 Å². The molecule has 3 rings (SSSR count). The number of nitrogens with one attached hydrogen (secondary N) is 1. The van der Waals surface area contributed by atoms with Gasteiger partial charge in [-0.1, -0.05) is 33.1 Å². The smallest absolute Gasteiger partial charge is 0.193 e. The maximum atomic E-state index is 11.7. The number of hydrogen-bond donors (Lipinski definition) is 1. The van der Waals surface area contributed by atoms with Crippen LogP contribution < -0.4 is 5.32 Å². The molecule has 0 radical (unpaired) electrons. The maximum Gasteiger partial charge on any atom is 0.193 e. The lowest BCUT2D eigenvalue weighted by Gasteiger charge is -2.38. The molecule has 7 heteroatoms. The third-order valence-electron chi connectivity index (χ3n) is 6.27. The zero-order valence-electron chi connectivity index (χ0n) is 17.0. The zero-order valence-corrected chi connectivity index (χ0v) is 20.2. The van der Waals surface area contributed by atoms with Gasteiger partial charge in [-0.3, -0.25) is 4.99 Å². The standard InChI is InChI=1S/C20H37N3O2S.HI/c1-16-10-17(2)14-23(13-16)20(21-11-18-6-4-3-5-7-18)22-12-19-8-9-26(24,25)15-19;/h16-19H,3-15H2,1-2H3,(H,21,22);1H. The van der Waals surface area contributed by atoms with Gasteiger partial charge < -0.3 is 10.2 Å². The van der Waals surface area contributed by atoms with Gasteiger partial charge in [0.25, 0.3) is 0 Å². The van der Waals surface area contributed by atoms with Crippen molar-refractivity contribution < 1.29 is 8.42 Å². The molecule has 158 valence electrons. The Morgan fingerprint density at radius 3 is 2.30 bits per heavy atom. The number of piperidine rings is 1. The van der Waals surface area contributed by atoms with Crippen LogP contribution in [0.5, 0.6) is 0 Å². The van der Waals surface area contributed by atoms with Gasteiger partial charge in [0.15, 0.2) is 15.8 Å². The third kappa shape index (κ3) is 7.37. The van der Waals surface area contributed by atoms with Crippen LogP contribution in [0.4, 0.5) is 0 Å². The fourth-order valence-electron chi connectivity index (χ4n) is 4.96. The molecule has 0 aromatic carbocycles. The summed E-state index contributed by atoms with van der Waals surface area (Å²) >= 11 is 0. The first kappa shape index (κ1) is 23.2. The molecule has 27 heavy (non-hydrogen) atoms. The molecule has 5 nitrogen and oxygen atoms in total. The first-order valence-electron chi connectivity index (χ1n) is 10.6. The quantitative estimate of drug-likeness (QED) is 0.357. The summed E-state index contributed by atoms with van der Waals surface area (Å²) in [7, 11) is -2.82. The van der Waals surface area contributed by atoms with E-state index < -0.39 is 9.84 Å². The van der Waals surface area contributed by atoms with E-state index in [1.165, 1.54) is 38.5 Å². The summed E-state index contributed by atoms with van der Waals surface area (Å²) in [5.41, 5.74) is 0. The Morgan fingerprint density at radius 1 is 1.04 bits per heavy atom. The van der Waals surface area contributed by atoms with Crippen molar-refractivity contribution in [3.8, 4) is 0 Å². The molecule has 1 saturated carbocycles. The normalized spacial score (nSPS) is 32.1. The molecule has 0 amide bonds. The average molecular weight is 512 g/mol. The van der Waals surface area contributed by atoms with E-state index in [4.69, 9.17) is 4.99 Å².